The Labute approximate surface area is 89.8 Å². The molecule has 1 aliphatic rings. The van der Waals surface area contributed by atoms with Crippen molar-refractivity contribution in [3.05, 3.63) is 21.9 Å². The quantitative estimate of drug-likeness (QED) is 0.816. The van der Waals surface area contributed by atoms with Crippen LogP contribution < -0.4 is 0 Å². The average Bonchev–Trinajstić information content (AvgIpc) is 2.60. The summed E-state index contributed by atoms with van der Waals surface area (Å²) in [6.45, 7) is 0. The normalized spacial score (nSPS) is 17.9. The van der Waals surface area contributed by atoms with E-state index in [-0.39, 0.29) is 18.6 Å². The highest BCUT2D eigenvalue weighted by Gasteiger charge is 2.52. The summed E-state index contributed by atoms with van der Waals surface area (Å²) in [5.41, 5.74) is -1.06. The molecule has 0 radical (unpaired) electrons. The second kappa shape index (κ2) is 3.17. The van der Waals surface area contributed by atoms with Gasteiger partial charge in [-0.25, -0.2) is 0 Å². The van der Waals surface area contributed by atoms with Crippen LogP contribution in [0.1, 0.15) is 22.6 Å². The lowest BCUT2D eigenvalue weighted by atomic mass is 9.67. The molecule has 76 valence electrons. The van der Waals surface area contributed by atoms with Crippen molar-refractivity contribution in [3.63, 3.8) is 0 Å². The van der Waals surface area contributed by atoms with Gasteiger partial charge < -0.3 is 5.11 Å². The number of carboxylic acid groups (broad SMARTS) is 1. The molecule has 0 bridgehead atoms. The molecule has 0 spiro atoms. The highest BCUT2D eigenvalue weighted by molar-refractivity contribution is 7.12. The summed E-state index contributed by atoms with van der Waals surface area (Å²) in [6, 6.07) is 5.18. The fourth-order valence-electron chi connectivity index (χ4n) is 1.71. The molecule has 1 N–H and O–H groups in total. The van der Waals surface area contributed by atoms with Crippen LogP contribution in [0, 0.1) is 11.3 Å². The molecule has 2 rings (SSSR count). The van der Waals surface area contributed by atoms with E-state index in [0.29, 0.717) is 9.75 Å². The predicted molar refractivity (Wildman–Crippen MR) is 52.6 cm³/mol. The van der Waals surface area contributed by atoms with Gasteiger partial charge in [-0.1, -0.05) is 0 Å². The first kappa shape index (κ1) is 9.87. The third kappa shape index (κ3) is 1.34. The highest BCUT2D eigenvalue weighted by atomic mass is 32.1. The monoisotopic (exact) mass is 221 g/mol. The van der Waals surface area contributed by atoms with Gasteiger partial charge in [-0.05, 0) is 12.1 Å². The molecular weight excluding hydrogens is 214 g/mol. The fraction of sp³-hybridized carbons (Fsp3) is 0.300. The third-order valence-electron chi connectivity index (χ3n) is 2.60. The molecule has 1 aromatic heterocycles. The van der Waals surface area contributed by atoms with Gasteiger partial charge in [0.2, 0.25) is 0 Å². The molecule has 0 amide bonds. The topological polar surface area (TPSA) is 78.2 Å². The van der Waals surface area contributed by atoms with Crippen LogP contribution in [0.2, 0.25) is 0 Å². The van der Waals surface area contributed by atoms with Gasteiger partial charge >= 0.3 is 5.97 Å². The zero-order chi connectivity index (χ0) is 11.1. The summed E-state index contributed by atoms with van der Waals surface area (Å²) in [5, 5.41) is 17.8. The lowest BCUT2D eigenvalue weighted by molar-refractivity contribution is -0.153. The molecular formula is C10H7NO3S. The van der Waals surface area contributed by atoms with E-state index in [0.717, 1.165) is 11.3 Å². The number of carbonyl (C=O) groups is 2. The molecule has 4 nitrogen and oxygen atoms in total. The van der Waals surface area contributed by atoms with E-state index in [4.69, 9.17) is 10.4 Å². The van der Waals surface area contributed by atoms with Gasteiger partial charge in [-0.15, -0.1) is 11.3 Å². The zero-order valence-corrected chi connectivity index (χ0v) is 8.50. The molecule has 0 saturated heterocycles. The Morgan fingerprint density at radius 3 is 2.60 bits per heavy atom. The summed E-state index contributed by atoms with van der Waals surface area (Å²) in [7, 11) is 0. The number of Topliss-reactive ketones (excluding diaryl/α,β-unsaturated/α-hetero) is 1. The van der Waals surface area contributed by atoms with E-state index in [1.807, 2.05) is 6.07 Å². The first-order valence-corrected chi connectivity index (χ1v) is 5.16. The largest absolute Gasteiger partial charge is 0.481 e. The van der Waals surface area contributed by atoms with Crippen molar-refractivity contribution in [2.75, 3.05) is 0 Å². The molecule has 0 unspecified atom stereocenters. The van der Waals surface area contributed by atoms with Gasteiger partial charge in [-0.2, -0.15) is 5.26 Å². The maximum absolute atomic E-state index is 11.1. The Balaban J connectivity index is 2.39. The van der Waals surface area contributed by atoms with Crippen molar-refractivity contribution in [3.8, 4) is 6.07 Å². The van der Waals surface area contributed by atoms with E-state index in [1.54, 1.807) is 12.1 Å². The van der Waals surface area contributed by atoms with E-state index < -0.39 is 11.4 Å². The lowest BCUT2D eigenvalue weighted by Gasteiger charge is -2.35. The number of carbonyl (C=O) groups excluding carboxylic acids is 1. The number of aliphatic carboxylic acids is 1. The standard InChI is InChI=1S/C10H7NO3S/c11-5-7-1-2-8(15-7)10(9(13)14)3-6(12)4-10/h1-2H,3-4H2,(H,13,14). The summed E-state index contributed by atoms with van der Waals surface area (Å²) in [5.74, 6) is -1.02. The number of rotatable bonds is 2. The number of nitrogens with zero attached hydrogens (tertiary/aromatic N) is 1. The van der Waals surface area contributed by atoms with Gasteiger partial charge in [0, 0.05) is 17.7 Å². The Bertz CT molecular complexity index is 475. The van der Waals surface area contributed by atoms with E-state index >= 15 is 0 Å². The van der Waals surface area contributed by atoms with Crippen LogP contribution in [-0.2, 0) is 15.0 Å². The van der Waals surface area contributed by atoms with Crippen LogP contribution in [0.4, 0.5) is 0 Å². The smallest absolute Gasteiger partial charge is 0.315 e. The summed E-state index contributed by atoms with van der Waals surface area (Å²) < 4.78 is 0. The predicted octanol–water partition coefficient (Wildman–Crippen LogP) is 1.31. The number of nitriles is 1. The van der Waals surface area contributed by atoms with Crippen molar-refractivity contribution in [1.82, 2.24) is 0 Å². The number of ketones is 1. The van der Waals surface area contributed by atoms with E-state index in [9.17, 15) is 9.59 Å². The Morgan fingerprint density at radius 2 is 2.20 bits per heavy atom. The maximum Gasteiger partial charge on any atom is 0.315 e. The number of hydrogen-bond acceptors (Lipinski definition) is 4. The number of thiophene rings is 1. The minimum atomic E-state index is -1.06. The van der Waals surface area contributed by atoms with Gasteiger partial charge in [0.1, 0.15) is 22.1 Å². The fourth-order valence-corrected chi connectivity index (χ4v) is 2.69. The van der Waals surface area contributed by atoms with Crippen molar-refractivity contribution in [2.24, 2.45) is 0 Å². The van der Waals surface area contributed by atoms with Crippen LogP contribution in [0.25, 0.3) is 0 Å². The molecule has 1 aromatic rings. The van der Waals surface area contributed by atoms with E-state index in [2.05, 4.69) is 0 Å². The first-order chi connectivity index (χ1) is 7.08. The maximum atomic E-state index is 11.1. The molecule has 1 heterocycles. The second-order valence-electron chi connectivity index (χ2n) is 3.56. The summed E-state index contributed by atoms with van der Waals surface area (Å²) >= 11 is 1.15. The van der Waals surface area contributed by atoms with Crippen LogP contribution in [-0.4, -0.2) is 16.9 Å². The van der Waals surface area contributed by atoms with Crippen LogP contribution in [0.3, 0.4) is 0 Å². The van der Waals surface area contributed by atoms with Gasteiger partial charge in [0.05, 0.1) is 0 Å². The van der Waals surface area contributed by atoms with Gasteiger partial charge in [0.25, 0.3) is 0 Å². The molecule has 1 fully saturated rings. The summed E-state index contributed by atoms with van der Waals surface area (Å²) in [4.78, 5) is 23.1. The Hall–Kier alpha value is -1.67. The average molecular weight is 221 g/mol. The molecule has 0 atom stereocenters. The van der Waals surface area contributed by atoms with Gasteiger partial charge in [0.15, 0.2) is 0 Å². The third-order valence-corrected chi connectivity index (χ3v) is 3.79. The van der Waals surface area contributed by atoms with Crippen molar-refractivity contribution in [1.29, 1.82) is 5.26 Å². The van der Waals surface area contributed by atoms with Crippen LogP contribution in [0.5, 0.6) is 0 Å². The second-order valence-corrected chi connectivity index (χ2v) is 4.64. The first-order valence-electron chi connectivity index (χ1n) is 4.34. The SMILES string of the molecule is N#Cc1ccc(C2(C(=O)O)CC(=O)C2)s1. The molecule has 0 aromatic carbocycles. The summed E-state index contributed by atoms with van der Waals surface area (Å²) in [6.07, 6.45) is 0.0986. The van der Waals surface area contributed by atoms with Crippen molar-refractivity contribution >= 4 is 23.1 Å². The molecule has 0 aliphatic heterocycles. The van der Waals surface area contributed by atoms with Crippen LogP contribution in [0.15, 0.2) is 12.1 Å². The highest BCUT2D eigenvalue weighted by Crippen LogP contribution is 2.44. The molecule has 1 saturated carbocycles. The zero-order valence-electron chi connectivity index (χ0n) is 7.69. The molecule has 1 aliphatic carbocycles. The Morgan fingerprint density at radius 1 is 1.53 bits per heavy atom. The van der Waals surface area contributed by atoms with E-state index in [1.165, 1.54) is 0 Å². The van der Waals surface area contributed by atoms with Crippen molar-refractivity contribution < 1.29 is 14.7 Å². The Kier molecular flexibility index (Phi) is 2.09. The van der Waals surface area contributed by atoms with Gasteiger partial charge in [-0.3, -0.25) is 9.59 Å². The minimum Gasteiger partial charge on any atom is -0.481 e. The van der Waals surface area contributed by atoms with Crippen LogP contribution >= 0.6 is 11.3 Å². The molecule has 15 heavy (non-hydrogen) atoms. The van der Waals surface area contributed by atoms with Crippen molar-refractivity contribution in [2.45, 2.75) is 18.3 Å². The number of carboxylic acids is 1. The minimum absolute atomic E-state index is 0.0377. The number of hydrogen-bond donors (Lipinski definition) is 1. The molecule has 5 heteroatoms. The lowest BCUT2D eigenvalue weighted by Crippen LogP contribution is -2.47.